The summed E-state index contributed by atoms with van der Waals surface area (Å²) in [6, 6.07) is 3.56. The van der Waals surface area contributed by atoms with Crippen LogP contribution in [0.3, 0.4) is 0 Å². The van der Waals surface area contributed by atoms with Crippen molar-refractivity contribution in [1.82, 2.24) is 0 Å². The predicted octanol–water partition coefficient (Wildman–Crippen LogP) is 9.72. The molecule has 0 aliphatic heterocycles. The molecule has 13 heteroatoms. The summed E-state index contributed by atoms with van der Waals surface area (Å²) in [6.07, 6.45) is 6.33. The van der Waals surface area contributed by atoms with E-state index in [9.17, 15) is 13.7 Å². The van der Waals surface area contributed by atoms with E-state index in [0.29, 0.717) is 29.0 Å². The molecule has 0 aliphatic rings. The fourth-order valence-corrected chi connectivity index (χ4v) is 9.67. The Labute approximate surface area is 254 Å². The van der Waals surface area contributed by atoms with Gasteiger partial charge < -0.3 is 31.9 Å². The fraction of sp³-hybridized carbons (Fsp3) is 0.793. The number of rotatable bonds is 26. The molecule has 1 rings (SSSR count). The average Bonchev–Trinajstić information content (AvgIpc) is 2.90. The van der Waals surface area contributed by atoms with Crippen molar-refractivity contribution in [1.29, 1.82) is 0 Å². The van der Waals surface area contributed by atoms with Crippen LogP contribution < -0.4 is 4.74 Å². The third-order valence-corrected chi connectivity index (χ3v) is 12.2. The van der Waals surface area contributed by atoms with E-state index in [2.05, 4.69) is 6.92 Å². The standard InChI is InChI=1S/C29H55O10P3/c1-8-15-16-17-18-19-20-33-29-27(24-41(31,36-11-4)37-12-5)21-26(23-40(30,34-9-2)35-10-3)22-28(29)25-42(32,38-13-6)39-14-7/h21-22H,8-20,23-25H2,1-7H3. The number of ether oxygens (including phenoxy) is 1. The van der Waals surface area contributed by atoms with E-state index in [1.54, 1.807) is 53.7 Å². The zero-order chi connectivity index (χ0) is 31.5. The lowest BCUT2D eigenvalue weighted by molar-refractivity contribution is 0.218. The minimum Gasteiger partial charge on any atom is -0.493 e. The highest BCUT2D eigenvalue weighted by Crippen LogP contribution is 2.57. The van der Waals surface area contributed by atoms with Gasteiger partial charge in [0.05, 0.1) is 64.7 Å². The molecule has 0 heterocycles. The van der Waals surface area contributed by atoms with Gasteiger partial charge in [-0.2, -0.15) is 0 Å². The zero-order valence-electron chi connectivity index (χ0n) is 26.9. The van der Waals surface area contributed by atoms with Crippen LogP contribution in [0.5, 0.6) is 5.75 Å². The van der Waals surface area contributed by atoms with Crippen LogP contribution in [0, 0.1) is 0 Å². The summed E-state index contributed by atoms with van der Waals surface area (Å²) in [5, 5.41) is 0. The van der Waals surface area contributed by atoms with Crippen LogP contribution in [0.2, 0.25) is 0 Å². The highest BCUT2D eigenvalue weighted by Gasteiger charge is 2.33. The lowest BCUT2D eigenvalue weighted by Crippen LogP contribution is -2.09. The highest BCUT2D eigenvalue weighted by molar-refractivity contribution is 7.53. The van der Waals surface area contributed by atoms with E-state index in [0.717, 1.165) is 19.3 Å². The molecule has 42 heavy (non-hydrogen) atoms. The van der Waals surface area contributed by atoms with Crippen molar-refractivity contribution in [2.24, 2.45) is 0 Å². The maximum absolute atomic E-state index is 13.7. The molecule has 0 N–H and O–H groups in total. The molecular formula is C29H55O10P3. The van der Waals surface area contributed by atoms with Crippen LogP contribution in [-0.2, 0) is 59.3 Å². The molecule has 0 bridgehead atoms. The lowest BCUT2D eigenvalue weighted by Gasteiger charge is -2.24. The van der Waals surface area contributed by atoms with Crippen molar-refractivity contribution < 1.29 is 45.6 Å². The molecule has 10 nitrogen and oxygen atoms in total. The maximum atomic E-state index is 13.7. The third kappa shape index (κ3) is 14.5. The summed E-state index contributed by atoms with van der Waals surface area (Å²) in [7, 11) is -10.6. The van der Waals surface area contributed by atoms with Crippen LogP contribution in [-0.4, -0.2) is 46.2 Å². The highest BCUT2D eigenvalue weighted by atomic mass is 31.2. The molecule has 1 aromatic carbocycles. The Bertz CT molecular complexity index is 950. The molecule has 246 valence electrons. The van der Waals surface area contributed by atoms with Gasteiger partial charge in [-0.05, 0) is 53.5 Å². The largest absolute Gasteiger partial charge is 0.493 e. The fourth-order valence-electron chi connectivity index (χ4n) is 4.60. The van der Waals surface area contributed by atoms with Crippen molar-refractivity contribution in [2.45, 2.75) is 105 Å². The Balaban J connectivity index is 3.69. The smallest absolute Gasteiger partial charge is 0.335 e. The summed E-state index contributed by atoms with van der Waals surface area (Å²) in [6.45, 7) is 14.4. The molecule has 0 saturated carbocycles. The summed E-state index contributed by atoms with van der Waals surface area (Å²) in [4.78, 5) is 0. The van der Waals surface area contributed by atoms with Crippen LogP contribution in [0.15, 0.2) is 12.1 Å². The second-order valence-corrected chi connectivity index (χ2v) is 15.8. The topological polar surface area (TPSA) is 116 Å². The van der Waals surface area contributed by atoms with E-state index in [1.165, 1.54) is 19.3 Å². The van der Waals surface area contributed by atoms with Gasteiger partial charge in [0.1, 0.15) is 5.75 Å². The van der Waals surface area contributed by atoms with E-state index < -0.39 is 22.8 Å². The third-order valence-electron chi connectivity index (χ3n) is 6.11. The van der Waals surface area contributed by atoms with E-state index in [1.807, 2.05) is 0 Å². The molecule has 0 spiro atoms. The lowest BCUT2D eigenvalue weighted by atomic mass is 10.1. The first kappa shape index (κ1) is 39.5. The average molecular weight is 657 g/mol. The van der Waals surface area contributed by atoms with Crippen LogP contribution >= 0.6 is 22.8 Å². The Kier molecular flexibility index (Phi) is 20.0. The van der Waals surface area contributed by atoms with Gasteiger partial charge in [0.2, 0.25) is 0 Å². The molecule has 0 radical (unpaired) electrons. The maximum Gasteiger partial charge on any atom is 0.335 e. The van der Waals surface area contributed by atoms with Gasteiger partial charge in [0, 0.05) is 11.1 Å². The van der Waals surface area contributed by atoms with Crippen molar-refractivity contribution >= 4 is 22.8 Å². The second kappa shape index (κ2) is 21.2. The molecule has 0 fully saturated rings. The Morgan fingerprint density at radius 2 is 0.857 bits per heavy atom. The molecule has 0 aliphatic carbocycles. The van der Waals surface area contributed by atoms with E-state index in [4.69, 9.17) is 31.9 Å². The van der Waals surface area contributed by atoms with Gasteiger partial charge in [-0.25, -0.2) is 0 Å². The van der Waals surface area contributed by atoms with Gasteiger partial charge in [-0.1, -0.05) is 51.2 Å². The number of unbranched alkanes of at least 4 members (excludes halogenated alkanes) is 5. The first-order valence-electron chi connectivity index (χ1n) is 15.5. The second-order valence-electron chi connectivity index (χ2n) is 9.67. The molecule has 0 atom stereocenters. The van der Waals surface area contributed by atoms with Crippen molar-refractivity contribution in [2.75, 3.05) is 46.2 Å². The van der Waals surface area contributed by atoms with Crippen molar-refractivity contribution in [3.05, 3.63) is 28.8 Å². The Hall–Kier alpha value is -0.530. The number of hydrogen-bond donors (Lipinski definition) is 0. The van der Waals surface area contributed by atoms with Crippen LogP contribution in [0.4, 0.5) is 0 Å². The van der Waals surface area contributed by atoms with Crippen molar-refractivity contribution in [3.63, 3.8) is 0 Å². The molecule has 0 amide bonds. The summed E-state index contributed by atoms with van der Waals surface area (Å²) in [5.74, 6) is 0.439. The van der Waals surface area contributed by atoms with E-state index in [-0.39, 0.29) is 58.1 Å². The normalized spacial score (nSPS) is 12.6. The van der Waals surface area contributed by atoms with E-state index >= 15 is 0 Å². The van der Waals surface area contributed by atoms with Gasteiger partial charge in [-0.15, -0.1) is 0 Å². The van der Waals surface area contributed by atoms with Crippen LogP contribution in [0.25, 0.3) is 0 Å². The summed E-state index contributed by atoms with van der Waals surface area (Å²) in [5.41, 5.74) is 1.67. The van der Waals surface area contributed by atoms with Gasteiger partial charge in [0.25, 0.3) is 0 Å². The minimum atomic E-state index is -3.56. The van der Waals surface area contributed by atoms with Crippen LogP contribution in [0.1, 0.15) is 104 Å². The Morgan fingerprint density at radius 1 is 0.500 bits per heavy atom. The first-order chi connectivity index (χ1) is 20.1. The van der Waals surface area contributed by atoms with Gasteiger partial charge in [0.15, 0.2) is 0 Å². The van der Waals surface area contributed by atoms with Gasteiger partial charge >= 0.3 is 22.8 Å². The quantitative estimate of drug-likeness (QED) is 0.0705. The van der Waals surface area contributed by atoms with Gasteiger partial charge in [-0.3, -0.25) is 13.7 Å². The minimum absolute atomic E-state index is 0.0342. The molecule has 0 unspecified atom stereocenters. The molecule has 0 saturated heterocycles. The predicted molar refractivity (Wildman–Crippen MR) is 169 cm³/mol. The summed E-state index contributed by atoms with van der Waals surface area (Å²) >= 11 is 0. The molecule has 1 aromatic rings. The summed E-state index contributed by atoms with van der Waals surface area (Å²) < 4.78 is 80.8. The Morgan fingerprint density at radius 3 is 1.24 bits per heavy atom. The molecular weight excluding hydrogens is 601 g/mol. The van der Waals surface area contributed by atoms with Crippen molar-refractivity contribution in [3.8, 4) is 5.75 Å². The first-order valence-corrected chi connectivity index (χ1v) is 20.7. The monoisotopic (exact) mass is 656 g/mol. The number of benzene rings is 1. The SMILES string of the molecule is CCCCCCCCOc1c(CP(=O)(OCC)OCC)cc(CP(=O)(OCC)OCC)cc1CP(=O)(OCC)OCC. The molecule has 0 aromatic heterocycles. The number of hydrogen-bond acceptors (Lipinski definition) is 10. The zero-order valence-corrected chi connectivity index (χ0v) is 29.6.